The van der Waals surface area contributed by atoms with Crippen molar-refractivity contribution in [2.24, 2.45) is 0 Å². The monoisotopic (exact) mass is 156 g/mol. The van der Waals surface area contributed by atoms with Crippen molar-refractivity contribution in [1.29, 1.82) is 0 Å². The van der Waals surface area contributed by atoms with Gasteiger partial charge in [0.25, 0.3) is 0 Å². The third kappa shape index (κ3) is 1.45. The largest absolute Gasteiger partial charge is 0.619 e. The van der Waals surface area contributed by atoms with Gasteiger partial charge in [0.2, 0.25) is 5.69 Å². The van der Waals surface area contributed by atoms with Crippen molar-refractivity contribution in [3.8, 4) is 0 Å². The molecule has 0 spiro atoms. The van der Waals surface area contributed by atoms with Crippen molar-refractivity contribution in [3.05, 3.63) is 28.7 Å². The first-order valence-corrected chi connectivity index (χ1v) is 2.97. The molecule has 1 aromatic rings. The van der Waals surface area contributed by atoms with Crippen molar-refractivity contribution in [3.63, 3.8) is 0 Å². The van der Waals surface area contributed by atoms with Gasteiger partial charge in [-0.1, -0.05) is 11.6 Å². The number of halogens is 1. The molecule has 0 saturated carbocycles. The zero-order valence-corrected chi connectivity index (χ0v) is 5.88. The van der Waals surface area contributed by atoms with Gasteiger partial charge in [-0.15, -0.1) is 0 Å². The minimum absolute atomic E-state index is 0.366. The molecule has 0 fully saturated rings. The van der Waals surface area contributed by atoms with Crippen molar-refractivity contribution in [2.75, 3.05) is 0 Å². The summed E-state index contributed by atoms with van der Waals surface area (Å²) in [5.74, 6) is 0. The van der Waals surface area contributed by atoms with Crippen LogP contribution in [0.25, 0.3) is 0 Å². The Morgan fingerprint density at radius 1 is 1.60 bits per heavy atom. The van der Waals surface area contributed by atoms with Crippen LogP contribution in [-0.4, -0.2) is 16.4 Å². The van der Waals surface area contributed by atoms with E-state index in [0.717, 1.165) is 0 Å². The van der Waals surface area contributed by atoms with E-state index in [1.807, 2.05) is 0 Å². The van der Waals surface area contributed by atoms with E-state index in [0.29, 0.717) is 15.6 Å². The Labute approximate surface area is 63.2 Å². The fourth-order valence-electron chi connectivity index (χ4n) is 0.516. The zero-order valence-electron chi connectivity index (χ0n) is 5.12. The van der Waals surface area contributed by atoms with Crippen LogP contribution in [0.1, 0.15) is 0 Å². The second kappa shape index (κ2) is 2.66. The Balaban J connectivity index is 3.00. The summed E-state index contributed by atoms with van der Waals surface area (Å²) >= 11 is 5.46. The van der Waals surface area contributed by atoms with E-state index in [4.69, 9.17) is 11.6 Å². The summed E-state index contributed by atoms with van der Waals surface area (Å²) < 4.78 is 0.476. The first kappa shape index (κ1) is 7.02. The molecule has 0 radical (unpaired) electrons. The molecule has 0 bridgehead atoms. The highest BCUT2D eigenvalue weighted by Crippen LogP contribution is 2.10. The van der Waals surface area contributed by atoms with Gasteiger partial charge >= 0.3 is 0 Å². The molecule has 0 N–H and O–H groups in total. The predicted octanol–water partition coefficient (Wildman–Crippen LogP) is 1.58. The molecule has 0 saturated heterocycles. The lowest BCUT2D eigenvalue weighted by Crippen LogP contribution is -1.89. The van der Waals surface area contributed by atoms with Crippen LogP contribution in [0.15, 0.2) is 18.3 Å². The highest BCUT2D eigenvalue weighted by molar-refractivity contribution is 6.29. The summed E-state index contributed by atoms with van der Waals surface area (Å²) in [4.78, 5) is 3.68. The van der Waals surface area contributed by atoms with Crippen LogP contribution in [0.2, 0.25) is 5.15 Å². The van der Waals surface area contributed by atoms with Gasteiger partial charge < -0.3 is 5.21 Å². The topological polar surface area (TPSA) is 39.0 Å². The van der Waals surface area contributed by atoms with Crippen LogP contribution >= 0.6 is 11.6 Å². The Morgan fingerprint density at radius 2 is 2.30 bits per heavy atom. The SMILES string of the molecule is C=[N+]([O-])c1ccc(Cl)nc1. The van der Waals surface area contributed by atoms with Crippen LogP contribution in [-0.2, 0) is 0 Å². The van der Waals surface area contributed by atoms with Crippen LogP contribution < -0.4 is 0 Å². The Kier molecular flexibility index (Phi) is 1.87. The first-order valence-electron chi connectivity index (χ1n) is 2.59. The van der Waals surface area contributed by atoms with E-state index in [2.05, 4.69) is 11.7 Å². The van der Waals surface area contributed by atoms with Gasteiger partial charge in [-0.3, -0.25) is 0 Å². The van der Waals surface area contributed by atoms with Gasteiger partial charge in [-0.05, 0) is 6.07 Å². The van der Waals surface area contributed by atoms with Gasteiger partial charge in [0.05, 0.1) is 0 Å². The Hall–Kier alpha value is -1.09. The molecule has 1 rings (SSSR count). The summed E-state index contributed by atoms with van der Waals surface area (Å²) in [5.41, 5.74) is 0.393. The van der Waals surface area contributed by atoms with Crippen LogP contribution in [0.4, 0.5) is 5.69 Å². The lowest BCUT2D eigenvalue weighted by atomic mass is 10.4. The van der Waals surface area contributed by atoms with Crippen molar-refractivity contribution in [2.45, 2.75) is 0 Å². The van der Waals surface area contributed by atoms with Crippen molar-refractivity contribution in [1.82, 2.24) is 4.98 Å². The molecule has 0 aliphatic carbocycles. The van der Waals surface area contributed by atoms with Gasteiger partial charge in [0.1, 0.15) is 18.1 Å². The number of hydrogen-bond donors (Lipinski definition) is 0. The first-order chi connectivity index (χ1) is 4.70. The smallest absolute Gasteiger partial charge is 0.234 e. The van der Waals surface area contributed by atoms with Crippen LogP contribution in [0.3, 0.4) is 0 Å². The standard InChI is InChI=1S/C6H5ClN2O/c1-9(10)5-2-3-6(7)8-4-5/h2-4H,1H2. The maximum absolute atomic E-state index is 10.5. The number of hydrogen-bond acceptors (Lipinski definition) is 2. The molecule has 0 aliphatic heterocycles. The predicted molar refractivity (Wildman–Crippen MR) is 39.7 cm³/mol. The fourth-order valence-corrected chi connectivity index (χ4v) is 0.627. The highest BCUT2D eigenvalue weighted by Gasteiger charge is 1.96. The van der Waals surface area contributed by atoms with E-state index in [1.165, 1.54) is 12.3 Å². The summed E-state index contributed by atoms with van der Waals surface area (Å²) in [6, 6.07) is 3.09. The molecule has 10 heavy (non-hydrogen) atoms. The second-order valence-electron chi connectivity index (χ2n) is 1.72. The lowest BCUT2D eigenvalue weighted by molar-refractivity contribution is -0.350. The molecule has 3 nitrogen and oxygen atoms in total. The van der Waals surface area contributed by atoms with Gasteiger partial charge in [0.15, 0.2) is 0 Å². The minimum Gasteiger partial charge on any atom is -0.619 e. The maximum atomic E-state index is 10.5. The number of pyridine rings is 1. The average molecular weight is 157 g/mol. The van der Waals surface area contributed by atoms with Crippen molar-refractivity contribution >= 4 is 24.0 Å². The molecule has 0 aliphatic rings. The van der Waals surface area contributed by atoms with Crippen molar-refractivity contribution < 1.29 is 4.74 Å². The van der Waals surface area contributed by atoms with E-state index in [-0.39, 0.29) is 0 Å². The molecule has 0 amide bonds. The molecule has 1 heterocycles. The van der Waals surface area contributed by atoms with Gasteiger partial charge in [-0.2, -0.15) is 4.74 Å². The molecular formula is C6H5ClN2O. The summed E-state index contributed by atoms with van der Waals surface area (Å²) in [6.07, 6.45) is 1.36. The fraction of sp³-hybridized carbons (Fsp3) is 0. The highest BCUT2D eigenvalue weighted by atomic mass is 35.5. The van der Waals surface area contributed by atoms with E-state index < -0.39 is 0 Å². The molecule has 0 aromatic carbocycles. The van der Waals surface area contributed by atoms with Gasteiger partial charge in [0, 0.05) is 6.07 Å². The Bertz CT molecular complexity index is 244. The van der Waals surface area contributed by atoms with Crippen LogP contribution in [0, 0.1) is 5.21 Å². The molecule has 4 heteroatoms. The van der Waals surface area contributed by atoms with E-state index >= 15 is 0 Å². The second-order valence-corrected chi connectivity index (χ2v) is 2.10. The minimum atomic E-state index is 0.366. The summed E-state index contributed by atoms with van der Waals surface area (Å²) in [7, 11) is 0. The summed E-state index contributed by atoms with van der Waals surface area (Å²) in [6.45, 7) is 3.13. The average Bonchev–Trinajstić information content (AvgIpc) is 1.88. The van der Waals surface area contributed by atoms with E-state index in [9.17, 15) is 5.21 Å². The number of nitrogens with zero attached hydrogens (tertiary/aromatic N) is 2. The number of rotatable bonds is 1. The zero-order chi connectivity index (χ0) is 7.56. The number of aromatic nitrogens is 1. The molecule has 0 atom stereocenters. The molecular weight excluding hydrogens is 152 g/mol. The summed E-state index contributed by atoms with van der Waals surface area (Å²) in [5, 5.41) is 10.8. The third-order valence-corrected chi connectivity index (χ3v) is 1.22. The van der Waals surface area contributed by atoms with E-state index in [1.54, 1.807) is 6.07 Å². The molecule has 52 valence electrons. The Morgan fingerprint density at radius 3 is 2.70 bits per heavy atom. The maximum Gasteiger partial charge on any atom is 0.234 e. The van der Waals surface area contributed by atoms with Crippen LogP contribution in [0.5, 0.6) is 0 Å². The third-order valence-electron chi connectivity index (χ3n) is 1.000. The lowest BCUT2D eigenvalue weighted by Gasteiger charge is -1.97. The molecule has 1 aromatic heterocycles. The quantitative estimate of drug-likeness (QED) is 0.204. The van der Waals surface area contributed by atoms with Gasteiger partial charge in [-0.25, -0.2) is 4.98 Å². The normalized spacial score (nSPS) is 9.30. The molecule has 0 unspecified atom stereocenters.